The summed E-state index contributed by atoms with van der Waals surface area (Å²) in [6, 6.07) is 4.94. The Hall–Kier alpha value is -0.860. The van der Waals surface area contributed by atoms with Crippen LogP contribution in [-0.2, 0) is 10.0 Å². The third-order valence-corrected chi connectivity index (χ3v) is 4.01. The van der Waals surface area contributed by atoms with Gasteiger partial charge in [0.25, 0.3) is 0 Å². The number of sulfonamides is 1. The Morgan fingerprint density at radius 2 is 2.24 bits per heavy atom. The minimum Gasteiger partial charge on any atom is -0.497 e. The van der Waals surface area contributed by atoms with Crippen molar-refractivity contribution in [1.82, 2.24) is 0 Å². The van der Waals surface area contributed by atoms with Crippen LogP contribution in [0.1, 0.15) is 0 Å². The second-order valence-corrected chi connectivity index (χ2v) is 6.27. The standard InChI is InChI=1S/C9H11BrN2O3S2/c1-15-6-2-3-7(10)8(4-6)12-17(13,14)5-9(11)16/h2-4,12H,5H2,1H3,(H2,11,16). The second kappa shape index (κ2) is 5.65. The first-order valence-corrected chi connectivity index (χ1v) is 7.32. The monoisotopic (exact) mass is 338 g/mol. The number of hydrogen-bond donors (Lipinski definition) is 2. The largest absolute Gasteiger partial charge is 0.497 e. The van der Waals surface area contributed by atoms with E-state index in [0.717, 1.165) is 0 Å². The van der Waals surface area contributed by atoms with Gasteiger partial charge in [-0.05, 0) is 28.1 Å². The summed E-state index contributed by atoms with van der Waals surface area (Å²) in [4.78, 5) is -0.0866. The summed E-state index contributed by atoms with van der Waals surface area (Å²) in [5.74, 6) is 0.146. The van der Waals surface area contributed by atoms with E-state index in [4.69, 9.17) is 10.5 Å². The number of anilines is 1. The van der Waals surface area contributed by atoms with Crippen molar-refractivity contribution in [2.75, 3.05) is 17.6 Å². The lowest BCUT2D eigenvalue weighted by Gasteiger charge is -2.10. The van der Waals surface area contributed by atoms with E-state index in [2.05, 4.69) is 32.9 Å². The van der Waals surface area contributed by atoms with E-state index >= 15 is 0 Å². The first-order chi connectivity index (χ1) is 7.84. The molecule has 0 aliphatic heterocycles. The maximum absolute atomic E-state index is 11.6. The zero-order chi connectivity index (χ0) is 13.1. The molecule has 0 aliphatic rings. The van der Waals surface area contributed by atoms with Gasteiger partial charge in [-0.2, -0.15) is 0 Å². The molecule has 0 aliphatic carbocycles. The summed E-state index contributed by atoms with van der Waals surface area (Å²) in [5, 5.41) is 0. The molecule has 0 saturated heterocycles. The number of benzene rings is 1. The van der Waals surface area contributed by atoms with Gasteiger partial charge in [0.2, 0.25) is 10.0 Å². The molecular weight excluding hydrogens is 328 g/mol. The number of halogens is 1. The summed E-state index contributed by atoms with van der Waals surface area (Å²) in [6.45, 7) is 0. The lowest BCUT2D eigenvalue weighted by molar-refractivity contribution is 0.415. The summed E-state index contributed by atoms with van der Waals surface area (Å²) in [5.41, 5.74) is 5.58. The highest BCUT2D eigenvalue weighted by Crippen LogP contribution is 2.27. The number of nitrogens with one attached hydrogen (secondary N) is 1. The molecule has 3 N–H and O–H groups in total. The van der Waals surface area contributed by atoms with Crippen LogP contribution < -0.4 is 15.2 Å². The van der Waals surface area contributed by atoms with Crippen LogP contribution in [0.4, 0.5) is 5.69 Å². The second-order valence-electron chi connectivity index (χ2n) is 3.17. The molecule has 17 heavy (non-hydrogen) atoms. The van der Waals surface area contributed by atoms with E-state index in [1.807, 2.05) is 0 Å². The zero-order valence-corrected chi connectivity index (χ0v) is 12.2. The third kappa shape index (κ3) is 4.49. The maximum Gasteiger partial charge on any atom is 0.239 e. The Balaban J connectivity index is 2.98. The Bertz CT molecular complexity index is 531. The fourth-order valence-corrected chi connectivity index (χ4v) is 2.99. The fourth-order valence-electron chi connectivity index (χ4n) is 1.10. The van der Waals surface area contributed by atoms with Gasteiger partial charge in [-0.3, -0.25) is 4.72 Å². The highest BCUT2D eigenvalue weighted by molar-refractivity contribution is 9.10. The molecule has 8 heteroatoms. The van der Waals surface area contributed by atoms with Gasteiger partial charge in [0.1, 0.15) is 11.5 Å². The van der Waals surface area contributed by atoms with Gasteiger partial charge in [0.15, 0.2) is 0 Å². The molecule has 0 bridgehead atoms. The minimum absolute atomic E-state index is 0.0866. The van der Waals surface area contributed by atoms with Crippen molar-refractivity contribution < 1.29 is 13.2 Å². The molecule has 1 aromatic rings. The zero-order valence-electron chi connectivity index (χ0n) is 8.94. The topological polar surface area (TPSA) is 81.4 Å². The van der Waals surface area contributed by atoms with E-state index in [9.17, 15) is 8.42 Å². The number of methoxy groups -OCH3 is 1. The molecule has 0 radical (unpaired) electrons. The van der Waals surface area contributed by atoms with Crippen LogP contribution in [0.15, 0.2) is 22.7 Å². The van der Waals surface area contributed by atoms with E-state index < -0.39 is 15.8 Å². The van der Waals surface area contributed by atoms with Crippen LogP contribution in [0, 0.1) is 0 Å². The van der Waals surface area contributed by atoms with Crippen LogP contribution in [0.3, 0.4) is 0 Å². The van der Waals surface area contributed by atoms with Crippen LogP contribution in [-0.4, -0.2) is 26.3 Å². The van der Waals surface area contributed by atoms with Gasteiger partial charge in [-0.1, -0.05) is 12.2 Å². The molecule has 0 amide bonds. The lowest BCUT2D eigenvalue weighted by atomic mass is 10.3. The predicted octanol–water partition coefficient (Wildman–Crippen LogP) is 1.49. The van der Waals surface area contributed by atoms with Gasteiger partial charge < -0.3 is 10.5 Å². The molecule has 0 spiro atoms. The molecule has 1 rings (SSSR count). The Morgan fingerprint density at radius 1 is 1.59 bits per heavy atom. The summed E-state index contributed by atoms with van der Waals surface area (Å²) in [7, 11) is -2.09. The molecule has 5 nitrogen and oxygen atoms in total. The minimum atomic E-state index is -3.58. The molecule has 0 saturated carbocycles. The molecule has 0 unspecified atom stereocenters. The molecule has 94 valence electrons. The molecular formula is C9H11BrN2O3S2. The highest BCUT2D eigenvalue weighted by Gasteiger charge is 2.14. The fraction of sp³-hybridized carbons (Fsp3) is 0.222. The van der Waals surface area contributed by atoms with Crippen molar-refractivity contribution in [1.29, 1.82) is 0 Å². The van der Waals surface area contributed by atoms with Crippen LogP contribution in [0.2, 0.25) is 0 Å². The van der Waals surface area contributed by atoms with Gasteiger partial charge >= 0.3 is 0 Å². The highest BCUT2D eigenvalue weighted by atomic mass is 79.9. The van der Waals surface area contributed by atoms with Crippen molar-refractivity contribution in [2.24, 2.45) is 5.73 Å². The van der Waals surface area contributed by atoms with Crippen molar-refractivity contribution >= 4 is 48.8 Å². The van der Waals surface area contributed by atoms with Crippen molar-refractivity contribution in [2.45, 2.75) is 0 Å². The Kier molecular flexibility index (Phi) is 4.72. The molecule has 0 atom stereocenters. The number of rotatable bonds is 5. The van der Waals surface area contributed by atoms with Crippen molar-refractivity contribution in [3.05, 3.63) is 22.7 Å². The van der Waals surface area contributed by atoms with Crippen molar-refractivity contribution in [3.63, 3.8) is 0 Å². The average Bonchev–Trinajstić information content (AvgIpc) is 2.19. The molecule has 0 aromatic heterocycles. The average molecular weight is 339 g/mol. The third-order valence-electron chi connectivity index (χ3n) is 1.77. The molecule has 0 heterocycles. The first kappa shape index (κ1) is 14.2. The Labute approximate surface area is 114 Å². The smallest absolute Gasteiger partial charge is 0.239 e. The number of nitrogens with two attached hydrogens (primary N) is 1. The predicted molar refractivity (Wildman–Crippen MR) is 74.9 cm³/mol. The van der Waals surface area contributed by atoms with E-state index in [0.29, 0.717) is 15.9 Å². The number of thiocarbonyl (C=S) groups is 1. The van der Waals surface area contributed by atoms with Crippen LogP contribution in [0.5, 0.6) is 5.75 Å². The first-order valence-electron chi connectivity index (χ1n) is 4.46. The van der Waals surface area contributed by atoms with Gasteiger partial charge in [0, 0.05) is 10.5 Å². The van der Waals surface area contributed by atoms with Crippen LogP contribution in [0.25, 0.3) is 0 Å². The number of hydrogen-bond acceptors (Lipinski definition) is 4. The van der Waals surface area contributed by atoms with E-state index in [-0.39, 0.29) is 4.99 Å². The quantitative estimate of drug-likeness (QED) is 0.795. The van der Waals surface area contributed by atoms with Gasteiger partial charge in [-0.15, -0.1) is 0 Å². The van der Waals surface area contributed by atoms with Crippen LogP contribution >= 0.6 is 28.1 Å². The Morgan fingerprint density at radius 3 is 2.76 bits per heavy atom. The lowest BCUT2D eigenvalue weighted by Crippen LogP contribution is -2.26. The molecule has 1 aromatic carbocycles. The summed E-state index contributed by atoms with van der Waals surface area (Å²) in [6.07, 6.45) is 0. The summed E-state index contributed by atoms with van der Waals surface area (Å²) < 4.78 is 31.2. The maximum atomic E-state index is 11.6. The number of ether oxygens (including phenoxy) is 1. The normalized spacial score (nSPS) is 10.9. The SMILES string of the molecule is COc1ccc(Br)c(NS(=O)(=O)CC(N)=S)c1. The van der Waals surface area contributed by atoms with E-state index in [1.54, 1.807) is 18.2 Å². The molecule has 0 fully saturated rings. The van der Waals surface area contributed by atoms with Gasteiger partial charge in [0.05, 0.1) is 17.8 Å². The van der Waals surface area contributed by atoms with Gasteiger partial charge in [-0.25, -0.2) is 8.42 Å². The van der Waals surface area contributed by atoms with Crippen molar-refractivity contribution in [3.8, 4) is 5.75 Å². The van der Waals surface area contributed by atoms with E-state index in [1.165, 1.54) is 7.11 Å². The summed E-state index contributed by atoms with van der Waals surface area (Å²) >= 11 is 7.80.